The van der Waals surface area contributed by atoms with Crippen LogP contribution in [-0.4, -0.2) is 5.91 Å². The van der Waals surface area contributed by atoms with E-state index in [0.717, 1.165) is 30.9 Å². The third kappa shape index (κ3) is 3.02. The van der Waals surface area contributed by atoms with Crippen molar-refractivity contribution in [2.75, 3.05) is 5.32 Å². The van der Waals surface area contributed by atoms with Crippen molar-refractivity contribution >= 4 is 34.2 Å². The topological polar surface area (TPSA) is 29.1 Å². The molecule has 1 fully saturated rings. The fraction of sp³-hybridized carbons (Fsp3) is 0.250. The van der Waals surface area contributed by atoms with Gasteiger partial charge in [0.15, 0.2) is 5.82 Å². The third-order valence-electron chi connectivity index (χ3n) is 2.59. The molecule has 1 aromatic carbocycles. The second-order valence-corrected chi connectivity index (χ2v) is 5.05. The second-order valence-electron chi connectivity index (χ2n) is 3.89. The van der Waals surface area contributed by atoms with Gasteiger partial charge < -0.3 is 5.32 Å². The highest BCUT2D eigenvalue weighted by atomic mass is 127. The van der Waals surface area contributed by atoms with Crippen molar-refractivity contribution < 1.29 is 13.6 Å². The first-order chi connectivity index (χ1) is 8.06. The molecule has 0 heterocycles. The monoisotopic (exact) mass is 349 g/mol. The zero-order valence-corrected chi connectivity index (χ0v) is 11.1. The predicted molar refractivity (Wildman–Crippen MR) is 69.6 cm³/mol. The Kier molecular flexibility index (Phi) is 3.76. The number of hydrogen-bond donors (Lipinski definition) is 1. The SMILES string of the molecule is O=C(C=C1CCC1)Nc1c(F)cc(F)cc1I. The van der Waals surface area contributed by atoms with Gasteiger partial charge in [0.05, 0.1) is 5.69 Å². The largest absolute Gasteiger partial charge is 0.319 e. The lowest BCUT2D eigenvalue weighted by atomic mass is 9.92. The summed E-state index contributed by atoms with van der Waals surface area (Å²) in [7, 11) is 0. The van der Waals surface area contributed by atoms with Crippen LogP contribution in [0.5, 0.6) is 0 Å². The van der Waals surface area contributed by atoms with Gasteiger partial charge in [-0.05, 0) is 47.9 Å². The highest BCUT2D eigenvalue weighted by Gasteiger charge is 2.14. The summed E-state index contributed by atoms with van der Waals surface area (Å²) in [6.45, 7) is 0. The molecule has 0 unspecified atom stereocenters. The normalized spacial score (nSPS) is 14.2. The average Bonchev–Trinajstić information content (AvgIpc) is 2.17. The first kappa shape index (κ1) is 12.5. The van der Waals surface area contributed by atoms with E-state index in [9.17, 15) is 13.6 Å². The van der Waals surface area contributed by atoms with Crippen LogP contribution in [0.25, 0.3) is 0 Å². The zero-order valence-electron chi connectivity index (χ0n) is 8.90. The number of allylic oxidation sites excluding steroid dienone is 1. The van der Waals surface area contributed by atoms with Gasteiger partial charge in [-0.15, -0.1) is 0 Å². The molecule has 0 bridgehead atoms. The lowest BCUT2D eigenvalue weighted by Crippen LogP contribution is -2.13. The van der Waals surface area contributed by atoms with Gasteiger partial charge in [-0.3, -0.25) is 4.79 Å². The Balaban J connectivity index is 2.15. The minimum absolute atomic E-state index is 0.0353. The number of rotatable bonds is 2. The van der Waals surface area contributed by atoms with Crippen LogP contribution >= 0.6 is 22.6 Å². The molecule has 5 heteroatoms. The van der Waals surface area contributed by atoms with Crippen molar-refractivity contribution in [3.05, 3.63) is 39.0 Å². The van der Waals surface area contributed by atoms with Crippen LogP contribution in [-0.2, 0) is 4.79 Å². The molecule has 0 spiro atoms. The van der Waals surface area contributed by atoms with Crippen molar-refractivity contribution in [3.63, 3.8) is 0 Å². The molecule has 1 aromatic rings. The van der Waals surface area contributed by atoms with E-state index in [2.05, 4.69) is 5.32 Å². The van der Waals surface area contributed by atoms with Crippen molar-refractivity contribution in [3.8, 4) is 0 Å². The maximum Gasteiger partial charge on any atom is 0.248 e. The molecule has 90 valence electrons. The molecule has 1 saturated carbocycles. The van der Waals surface area contributed by atoms with Crippen LogP contribution in [0.3, 0.4) is 0 Å². The Morgan fingerprint density at radius 2 is 2.06 bits per heavy atom. The van der Waals surface area contributed by atoms with E-state index in [0.29, 0.717) is 3.57 Å². The smallest absolute Gasteiger partial charge is 0.248 e. The van der Waals surface area contributed by atoms with Gasteiger partial charge >= 0.3 is 0 Å². The molecular weight excluding hydrogens is 339 g/mol. The third-order valence-corrected chi connectivity index (χ3v) is 3.44. The number of halogens is 3. The van der Waals surface area contributed by atoms with Gasteiger partial charge in [-0.1, -0.05) is 5.57 Å². The summed E-state index contributed by atoms with van der Waals surface area (Å²) in [5, 5.41) is 2.44. The summed E-state index contributed by atoms with van der Waals surface area (Å²) in [6.07, 6.45) is 4.44. The number of carbonyl (C=O) groups excluding carboxylic acids is 1. The summed E-state index contributed by atoms with van der Waals surface area (Å²) in [5.41, 5.74) is 1.10. The standard InChI is InChI=1S/C12H10F2INO/c13-8-5-9(14)12(10(15)6-8)16-11(17)4-7-2-1-3-7/h4-6H,1-3H2,(H,16,17). The van der Waals surface area contributed by atoms with Crippen LogP contribution < -0.4 is 5.32 Å². The van der Waals surface area contributed by atoms with Crippen molar-refractivity contribution in [1.29, 1.82) is 0 Å². The maximum atomic E-state index is 13.4. The summed E-state index contributed by atoms with van der Waals surface area (Å²) in [4.78, 5) is 11.6. The zero-order chi connectivity index (χ0) is 12.4. The molecule has 0 saturated heterocycles. The van der Waals surface area contributed by atoms with E-state index in [1.807, 2.05) is 0 Å². The van der Waals surface area contributed by atoms with Gasteiger partial charge in [-0.2, -0.15) is 0 Å². The number of anilines is 1. The molecule has 2 rings (SSSR count). The molecule has 17 heavy (non-hydrogen) atoms. The highest BCUT2D eigenvalue weighted by Crippen LogP contribution is 2.26. The lowest BCUT2D eigenvalue weighted by Gasteiger charge is -2.15. The van der Waals surface area contributed by atoms with Crippen LogP contribution in [0, 0.1) is 15.2 Å². The quantitative estimate of drug-likeness (QED) is 0.641. The van der Waals surface area contributed by atoms with Crippen molar-refractivity contribution in [1.82, 2.24) is 0 Å². The first-order valence-electron chi connectivity index (χ1n) is 5.21. The number of nitrogens with one attached hydrogen (secondary N) is 1. The van der Waals surface area contributed by atoms with Gasteiger partial charge in [0.2, 0.25) is 5.91 Å². The minimum Gasteiger partial charge on any atom is -0.319 e. The van der Waals surface area contributed by atoms with Crippen LogP contribution in [0.15, 0.2) is 23.8 Å². The molecule has 1 N–H and O–H groups in total. The van der Waals surface area contributed by atoms with E-state index < -0.39 is 11.6 Å². The van der Waals surface area contributed by atoms with E-state index in [-0.39, 0.29) is 11.6 Å². The Bertz CT molecular complexity index is 470. The van der Waals surface area contributed by atoms with Crippen molar-refractivity contribution in [2.24, 2.45) is 0 Å². The summed E-state index contributed by atoms with van der Waals surface area (Å²) in [5.74, 6) is -1.76. The van der Waals surface area contributed by atoms with E-state index in [1.165, 1.54) is 12.1 Å². The first-order valence-corrected chi connectivity index (χ1v) is 6.29. The average molecular weight is 349 g/mol. The highest BCUT2D eigenvalue weighted by molar-refractivity contribution is 14.1. The van der Waals surface area contributed by atoms with Crippen molar-refractivity contribution in [2.45, 2.75) is 19.3 Å². The van der Waals surface area contributed by atoms with Gasteiger partial charge in [0.1, 0.15) is 5.82 Å². The molecule has 0 aliphatic heterocycles. The number of amides is 1. The fourth-order valence-corrected chi connectivity index (χ4v) is 2.22. The molecule has 1 amide bonds. The predicted octanol–water partition coefficient (Wildman–Crippen LogP) is 3.62. The molecule has 0 aromatic heterocycles. The molecule has 2 nitrogen and oxygen atoms in total. The molecule has 1 aliphatic carbocycles. The lowest BCUT2D eigenvalue weighted by molar-refractivity contribution is -0.112. The van der Waals surface area contributed by atoms with Gasteiger partial charge in [-0.25, -0.2) is 8.78 Å². The van der Waals surface area contributed by atoms with Gasteiger partial charge in [0, 0.05) is 15.7 Å². The Hall–Kier alpha value is -0.980. The Morgan fingerprint density at radius 3 is 2.59 bits per heavy atom. The Labute approximate surface area is 111 Å². The fourth-order valence-electron chi connectivity index (χ4n) is 1.53. The Morgan fingerprint density at radius 1 is 1.35 bits per heavy atom. The molecule has 0 radical (unpaired) electrons. The van der Waals surface area contributed by atoms with Crippen LogP contribution in [0.1, 0.15) is 19.3 Å². The van der Waals surface area contributed by atoms with Gasteiger partial charge in [0.25, 0.3) is 0 Å². The van der Waals surface area contributed by atoms with E-state index >= 15 is 0 Å². The number of benzene rings is 1. The molecule has 0 atom stereocenters. The van der Waals surface area contributed by atoms with Crippen LogP contribution in [0.2, 0.25) is 0 Å². The molecular formula is C12H10F2INO. The van der Waals surface area contributed by atoms with E-state index in [1.54, 1.807) is 22.6 Å². The summed E-state index contributed by atoms with van der Waals surface area (Å²) < 4.78 is 26.6. The maximum absolute atomic E-state index is 13.4. The van der Waals surface area contributed by atoms with E-state index in [4.69, 9.17) is 0 Å². The number of hydrogen-bond acceptors (Lipinski definition) is 1. The second kappa shape index (κ2) is 5.12. The number of carbonyl (C=O) groups is 1. The minimum atomic E-state index is -0.755. The summed E-state index contributed by atoms with van der Waals surface area (Å²) >= 11 is 1.79. The summed E-state index contributed by atoms with van der Waals surface area (Å²) in [6, 6.07) is 1.93. The van der Waals surface area contributed by atoms with Crippen LogP contribution in [0.4, 0.5) is 14.5 Å². The molecule has 1 aliphatic rings.